The molecule has 1 aliphatic carbocycles. The Morgan fingerprint density at radius 1 is 1.19 bits per heavy atom. The summed E-state index contributed by atoms with van der Waals surface area (Å²) in [5, 5.41) is 3.47. The Hall–Kier alpha value is -0.0800. The molecule has 0 amide bonds. The Morgan fingerprint density at radius 2 is 1.88 bits per heavy atom. The molecule has 0 aromatic heterocycles. The van der Waals surface area contributed by atoms with E-state index < -0.39 is 0 Å². The molecule has 2 atom stereocenters. The van der Waals surface area contributed by atoms with Crippen LogP contribution in [0, 0.1) is 5.92 Å². The summed E-state index contributed by atoms with van der Waals surface area (Å²) in [5.74, 6) is 0.809. The lowest BCUT2D eigenvalue weighted by Gasteiger charge is -2.31. The first-order valence-electron chi connectivity index (χ1n) is 6.89. The van der Waals surface area contributed by atoms with E-state index in [1.165, 1.54) is 32.1 Å². The fraction of sp³-hybridized carbons (Fsp3) is 1.00. The van der Waals surface area contributed by atoms with Crippen LogP contribution in [0.15, 0.2) is 0 Å². The van der Waals surface area contributed by atoms with Crippen LogP contribution in [0.25, 0.3) is 0 Å². The molecule has 16 heavy (non-hydrogen) atoms. The smallest absolute Gasteiger partial charge is 0.0603 e. The molecule has 2 nitrogen and oxygen atoms in total. The first-order valence-corrected chi connectivity index (χ1v) is 6.89. The molecule has 0 aliphatic heterocycles. The number of hydrogen-bond donors (Lipinski definition) is 1. The Bertz CT molecular complexity index is 186. The van der Waals surface area contributed by atoms with Gasteiger partial charge in [0.05, 0.1) is 12.7 Å². The van der Waals surface area contributed by atoms with Crippen molar-refractivity contribution in [1.82, 2.24) is 5.32 Å². The molecule has 96 valence electrons. The van der Waals surface area contributed by atoms with Gasteiger partial charge in [0, 0.05) is 12.1 Å². The molecule has 0 heterocycles. The summed E-state index contributed by atoms with van der Waals surface area (Å²) in [7, 11) is 0. The van der Waals surface area contributed by atoms with E-state index in [-0.39, 0.29) is 5.54 Å². The van der Waals surface area contributed by atoms with Gasteiger partial charge in [-0.25, -0.2) is 0 Å². The maximum atomic E-state index is 6.02. The Balaban J connectivity index is 2.15. The zero-order chi connectivity index (χ0) is 12.0. The molecule has 0 saturated heterocycles. The second kappa shape index (κ2) is 6.61. The lowest BCUT2D eigenvalue weighted by atomic mass is 9.85. The molecular weight excluding hydrogens is 198 g/mol. The Morgan fingerprint density at radius 3 is 2.50 bits per heavy atom. The summed E-state index contributed by atoms with van der Waals surface area (Å²) in [5.41, 5.74) is 0.208. The van der Waals surface area contributed by atoms with Crippen molar-refractivity contribution in [2.24, 2.45) is 5.92 Å². The lowest BCUT2D eigenvalue weighted by molar-refractivity contribution is -0.0116. The molecule has 1 saturated carbocycles. The maximum absolute atomic E-state index is 6.02. The van der Waals surface area contributed by atoms with Gasteiger partial charge in [0.2, 0.25) is 0 Å². The average Bonchev–Trinajstić information content (AvgIpc) is 2.23. The molecule has 1 N–H and O–H groups in total. The molecule has 0 aromatic carbocycles. The van der Waals surface area contributed by atoms with Crippen LogP contribution in [0.3, 0.4) is 0 Å². The predicted molar refractivity (Wildman–Crippen MR) is 69.7 cm³/mol. The van der Waals surface area contributed by atoms with E-state index in [2.05, 4.69) is 33.0 Å². The van der Waals surface area contributed by atoms with Crippen LogP contribution in [0.4, 0.5) is 0 Å². The minimum absolute atomic E-state index is 0.208. The van der Waals surface area contributed by atoms with Gasteiger partial charge in [-0.3, -0.25) is 0 Å². The van der Waals surface area contributed by atoms with Gasteiger partial charge in [0.1, 0.15) is 0 Å². The monoisotopic (exact) mass is 227 g/mol. The highest BCUT2D eigenvalue weighted by atomic mass is 16.5. The van der Waals surface area contributed by atoms with Gasteiger partial charge in [-0.2, -0.15) is 0 Å². The zero-order valence-electron chi connectivity index (χ0n) is 11.5. The summed E-state index contributed by atoms with van der Waals surface area (Å²) in [6.07, 6.45) is 7.20. The highest BCUT2D eigenvalue weighted by Crippen LogP contribution is 2.28. The third-order valence-electron chi connectivity index (χ3n) is 3.45. The van der Waals surface area contributed by atoms with E-state index in [9.17, 15) is 0 Å². The molecule has 2 unspecified atom stereocenters. The predicted octanol–water partition coefficient (Wildman–Crippen LogP) is 3.36. The molecule has 0 radical (unpaired) electrons. The van der Waals surface area contributed by atoms with Crippen molar-refractivity contribution in [2.75, 3.05) is 13.2 Å². The van der Waals surface area contributed by atoms with Crippen molar-refractivity contribution in [3.63, 3.8) is 0 Å². The van der Waals surface area contributed by atoms with Crippen molar-refractivity contribution in [3.8, 4) is 0 Å². The lowest BCUT2D eigenvalue weighted by Crippen LogP contribution is -2.39. The topological polar surface area (TPSA) is 21.3 Å². The fourth-order valence-electron chi connectivity index (χ4n) is 2.50. The number of rotatable bonds is 5. The Labute approximate surface area is 101 Å². The molecule has 0 spiro atoms. The summed E-state index contributed by atoms with van der Waals surface area (Å²) >= 11 is 0. The Kier molecular flexibility index (Phi) is 5.77. The van der Waals surface area contributed by atoms with Gasteiger partial charge in [0.25, 0.3) is 0 Å². The van der Waals surface area contributed by atoms with Crippen LogP contribution in [0.5, 0.6) is 0 Å². The van der Waals surface area contributed by atoms with Crippen LogP contribution < -0.4 is 5.32 Å². The fourth-order valence-corrected chi connectivity index (χ4v) is 2.50. The van der Waals surface area contributed by atoms with Gasteiger partial charge in [-0.15, -0.1) is 0 Å². The number of nitrogens with one attached hydrogen (secondary N) is 1. The van der Waals surface area contributed by atoms with Gasteiger partial charge < -0.3 is 10.1 Å². The van der Waals surface area contributed by atoms with Gasteiger partial charge in [-0.1, -0.05) is 26.2 Å². The van der Waals surface area contributed by atoms with Crippen LogP contribution in [0.2, 0.25) is 0 Å². The second-order valence-corrected chi connectivity index (χ2v) is 6.04. The van der Waals surface area contributed by atoms with Gasteiger partial charge in [0.15, 0.2) is 0 Å². The highest BCUT2D eigenvalue weighted by Gasteiger charge is 2.23. The van der Waals surface area contributed by atoms with Crippen LogP contribution >= 0.6 is 0 Å². The van der Waals surface area contributed by atoms with Crippen LogP contribution in [-0.4, -0.2) is 24.8 Å². The van der Waals surface area contributed by atoms with Gasteiger partial charge >= 0.3 is 0 Å². The van der Waals surface area contributed by atoms with E-state index >= 15 is 0 Å². The van der Waals surface area contributed by atoms with Crippen molar-refractivity contribution in [2.45, 2.75) is 71.4 Å². The minimum atomic E-state index is 0.208. The van der Waals surface area contributed by atoms with Crippen molar-refractivity contribution in [3.05, 3.63) is 0 Å². The SMILES string of the molecule is CCC1CCCCC1OCCNC(C)(C)C. The van der Waals surface area contributed by atoms with Crippen molar-refractivity contribution >= 4 is 0 Å². The van der Waals surface area contributed by atoms with Crippen molar-refractivity contribution in [1.29, 1.82) is 0 Å². The molecule has 1 rings (SSSR count). The van der Waals surface area contributed by atoms with Crippen molar-refractivity contribution < 1.29 is 4.74 Å². The first kappa shape index (κ1) is 14.0. The van der Waals surface area contributed by atoms with E-state index in [0.717, 1.165) is 19.1 Å². The van der Waals surface area contributed by atoms with E-state index in [0.29, 0.717) is 6.10 Å². The summed E-state index contributed by atoms with van der Waals surface area (Å²) in [6, 6.07) is 0. The molecular formula is C14H29NO. The summed E-state index contributed by atoms with van der Waals surface area (Å²) in [6.45, 7) is 10.7. The second-order valence-electron chi connectivity index (χ2n) is 6.04. The molecule has 0 aromatic rings. The molecule has 1 aliphatic rings. The largest absolute Gasteiger partial charge is 0.377 e. The quantitative estimate of drug-likeness (QED) is 0.727. The number of ether oxygens (including phenoxy) is 1. The van der Waals surface area contributed by atoms with E-state index in [1.54, 1.807) is 0 Å². The van der Waals surface area contributed by atoms with E-state index in [1.807, 2.05) is 0 Å². The van der Waals surface area contributed by atoms with Crippen LogP contribution in [-0.2, 0) is 4.74 Å². The maximum Gasteiger partial charge on any atom is 0.0603 e. The standard InChI is InChI=1S/C14H29NO/c1-5-12-8-6-7-9-13(12)16-11-10-15-14(2,3)4/h12-13,15H,5-11H2,1-4H3. The highest BCUT2D eigenvalue weighted by molar-refractivity contribution is 4.75. The first-order chi connectivity index (χ1) is 7.53. The zero-order valence-corrected chi connectivity index (χ0v) is 11.5. The molecule has 0 bridgehead atoms. The minimum Gasteiger partial charge on any atom is -0.377 e. The summed E-state index contributed by atoms with van der Waals surface area (Å²) in [4.78, 5) is 0. The average molecular weight is 227 g/mol. The van der Waals surface area contributed by atoms with Gasteiger partial charge in [-0.05, 0) is 39.5 Å². The number of hydrogen-bond acceptors (Lipinski definition) is 2. The third kappa shape index (κ3) is 5.31. The normalized spacial score (nSPS) is 27.0. The molecule has 1 fully saturated rings. The summed E-state index contributed by atoms with van der Waals surface area (Å²) < 4.78 is 6.02. The third-order valence-corrected chi connectivity index (χ3v) is 3.45. The van der Waals surface area contributed by atoms with Crippen LogP contribution in [0.1, 0.15) is 59.8 Å². The molecule has 2 heteroatoms. The van der Waals surface area contributed by atoms with E-state index in [4.69, 9.17) is 4.74 Å².